The quantitative estimate of drug-likeness (QED) is 0.601. The summed E-state index contributed by atoms with van der Waals surface area (Å²) in [5, 5.41) is 7.02. The fourth-order valence-electron chi connectivity index (χ4n) is 4.22. The Morgan fingerprint density at radius 2 is 1.88 bits per heavy atom. The normalized spacial score (nSPS) is 21.7. The zero-order valence-corrected chi connectivity index (χ0v) is 16.1. The van der Waals surface area contributed by atoms with E-state index in [4.69, 9.17) is 4.74 Å². The molecule has 0 radical (unpaired) electrons. The van der Waals surface area contributed by atoms with Gasteiger partial charge in [0.2, 0.25) is 0 Å². The maximum absolute atomic E-state index is 13.8. The number of nitrogens with zero attached hydrogens (tertiary/aromatic N) is 1. The molecule has 4 nitrogen and oxygen atoms in total. The molecule has 1 saturated carbocycles. The third-order valence-corrected chi connectivity index (χ3v) is 6.50. The van der Waals surface area contributed by atoms with Gasteiger partial charge in [0.05, 0.1) is 0 Å². The van der Waals surface area contributed by atoms with Gasteiger partial charge in [-0.2, -0.15) is 0 Å². The number of benzene rings is 1. The summed E-state index contributed by atoms with van der Waals surface area (Å²) in [7, 11) is 1.81. The van der Waals surface area contributed by atoms with Crippen LogP contribution in [0, 0.1) is 11.2 Å². The summed E-state index contributed by atoms with van der Waals surface area (Å²) in [5.41, 5.74) is 1.38. The van der Waals surface area contributed by atoms with Gasteiger partial charge in [-0.15, -0.1) is 0 Å². The first-order valence-electron chi connectivity index (χ1n) is 9.90. The number of rotatable bonds is 6. The Labute approximate surface area is 156 Å². The summed E-state index contributed by atoms with van der Waals surface area (Å²) >= 11 is 0. The number of guanidine groups is 1. The van der Waals surface area contributed by atoms with Gasteiger partial charge in [-0.05, 0) is 55.2 Å². The summed E-state index contributed by atoms with van der Waals surface area (Å²) in [6.45, 7) is 5.40. The van der Waals surface area contributed by atoms with E-state index in [0.29, 0.717) is 18.6 Å². The van der Waals surface area contributed by atoms with Crippen LogP contribution in [0.3, 0.4) is 0 Å². The molecule has 0 unspecified atom stereocenters. The van der Waals surface area contributed by atoms with Gasteiger partial charge in [0.15, 0.2) is 5.96 Å². The van der Waals surface area contributed by atoms with E-state index in [2.05, 4.69) is 22.5 Å². The Balaban J connectivity index is 1.65. The molecule has 1 aromatic rings. The second-order valence-electron chi connectivity index (χ2n) is 7.89. The van der Waals surface area contributed by atoms with Crippen molar-refractivity contribution >= 4 is 5.96 Å². The van der Waals surface area contributed by atoms with Crippen molar-refractivity contribution in [1.29, 1.82) is 0 Å². The van der Waals surface area contributed by atoms with Crippen LogP contribution in [0.1, 0.15) is 51.0 Å². The highest BCUT2D eigenvalue weighted by molar-refractivity contribution is 5.79. The molecule has 0 atom stereocenters. The lowest BCUT2D eigenvalue weighted by Gasteiger charge is -2.42. The second kappa shape index (κ2) is 8.38. The van der Waals surface area contributed by atoms with Crippen LogP contribution in [0.5, 0.6) is 0 Å². The van der Waals surface area contributed by atoms with E-state index in [0.717, 1.165) is 37.5 Å². The number of aliphatic imine (C=N–C) groups is 1. The maximum atomic E-state index is 13.8. The average Bonchev–Trinajstić information content (AvgIpc) is 2.64. The molecular formula is C21H32FN3O. The number of halogens is 1. The van der Waals surface area contributed by atoms with E-state index in [1.807, 2.05) is 13.1 Å². The van der Waals surface area contributed by atoms with Crippen molar-refractivity contribution in [3.05, 3.63) is 35.6 Å². The van der Waals surface area contributed by atoms with Crippen LogP contribution in [0.25, 0.3) is 0 Å². The lowest BCUT2D eigenvalue weighted by Crippen LogP contribution is -2.50. The van der Waals surface area contributed by atoms with Gasteiger partial charge in [0.25, 0.3) is 0 Å². The molecule has 3 rings (SSSR count). The second-order valence-corrected chi connectivity index (χ2v) is 7.89. The molecule has 0 amide bonds. The first-order chi connectivity index (χ1) is 12.6. The predicted molar refractivity (Wildman–Crippen MR) is 104 cm³/mol. The lowest BCUT2D eigenvalue weighted by atomic mass is 9.67. The van der Waals surface area contributed by atoms with Gasteiger partial charge in [0, 0.05) is 38.8 Å². The molecule has 2 N–H and O–H groups in total. The van der Waals surface area contributed by atoms with Crippen molar-refractivity contribution in [2.45, 2.75) is 50.9 Å². The zero-order valence-electron chi connectivity index (χ0n) is 16.1. The first-order valence-corrected chi connectivity index (χ1v) is 9.90. The Hall–Kier alpha value is -1.62. The highest BCUT2D eigenvalue weighted by Crippen LogP contribution is 2.43. The van der Waals surface area contributed by atoms with E-state index >= 15 is 0 Å². The topological polar surface area (TPSA) is 45.7 Å². The molecule has 0 bridgehead atoms. The minimum atomic E-state index is -0.175. The molecule has 2 fully saturated rings. The molecule has 1 aliphatic heterocycles. The average molecular weight is 362 g/mol. The molecular weight excluding hydrogens is 329 g/mol. The van der Waals surface area contributed by atoms with Crippen LogP contribution in [0.2, 0.25) is 0 Å². The fourth-order valence-corrected chi connectivity index (χ4v) is 4.22. The van der Waals surface area contributed by atoms with Gasteiger partial charge < -0.3 is 15.4 Å². The number of hydrogen-bond donors (Lipinski definition) is 2. The van der Waals surface area contributed by atoms with E-state index in [-0.39, 0.29) is 11.2 Å². The molecule has 2 aliphatic rings. The molecule has 5 heteroatoms. The monoisotopic (exact) mass is 361 g/mol. The number of ether oxygens (including phenoxy) is 1. The third kappa shape index (κ3) is 4.20. The molecule has 1 saturated heterocycles. The largest absolute Gasteiger partial charge is 0.381 e. The van der Waals surface area contributed by atoms with Crippen LogP contribution < -0.4 is 10.6 Å². The van der Waals surface area contributed by atoms with Crippen molar-refractivity contribution in [2.24, 2.45) is 10.4 Å². The van der Waals surface area contributed by atoms with Crippen LogP contribution >= 0.6 is 0 Å². The van der Waals surface area contributed by atoms with Gasteiger partial charge in [-0.25, -0.2) is 4.39 Å². The molecule has 26 heavy (non-hydrogen) atoms. The minimum Gasteiger partial charge on any atom is -0.381 e. The van der Waals surface area contributed by atoms with Gasteiger partial charge in [-0.3, -0.25) is 4.99 Å². The van der Waals surface area contributed by atoms with Crippen molar-refractivity contribution in [1.82, 2.24) is 10.6 Å². The highest BCUT2D eigenvalue weighted by atomic mass is 19.1. The molecule has 0 spiro atoms. The predicted octanol–water partition coefficient (Wildman–Crippen LogP) is 3.62. The van der Waals surface area contributed by atoms with E-state index < -0.39 is 0 Å². The Bertz CT molecular complexity index is 616. The smallest absolute Gasteiger partial charge is 0.191 e. The van der Waals surface area contributed by atoms with E-state index in [1.165, 1.54) is 31.7 Å². The Morgan fingerprint density at radius 3 is 2.46 bits per heavy atom. The number of nitrogens with one attached hydrogen (secondary N) is 2. The van der Waals surface area contributed by atoms with Gasteiger partial charge >= 0.3 is 0 Å². The van der Waals surface area contributed by atoms with Crippen molar-refractivity contribution in [2.75, 3.05) is 33.4 Å². The van der Waals surface area contributed by atoms with E-state index in [1.54, 1.807) is 12.1 Å². The van der Waals surface area contributed by atoms with E-state index in [9.17, 15) is 4.39 Å². The summed E-state index contributed by atoms with van der Waals surface area (Å²) in [5.74, 6) is 0.665. The van der Waals surface area contributed by atoms with Gasteiger partial charge in [-0.1, -0.05) is 25.5 Å². The minimum absolute atomic E-state index is 0.114. The molecule has 1 aromatic carbocycles. The fraction of sp³-hybridized carbons (Fsp3) is 0.667. The molecule has 1 heterocycles. The molecule has 0 aromatic heterocycles. The van der Waals surface area contributed by atoms with Crippen molar-refractivity contribution in [3.63, 3.8) is 0 Å². The number of hydrogen-bond acceptors (Lipinski definition) is 2. The van der Waals surface area contributed by atoms with Crippen LogP contribution in [-0.4, -0.2) is 39.3 Å². The van der Waals surface area contributed by atoms with Crippen LogP contribution in [0.4, 0.5) is 4.39 Å². The summed E-state index contributed by atoms with van der Waals surface area (Å²) < 4.78 is 19.4. The van der Waals surface area contributed by atoms with Crippen LogP contribution in [-0.2, 0) is 10.2 Å². The SMILES string of the molecule is CCC1(CNC(=NC)NCC2(c3cccc(F)c3)CCOCC2)CCC1. The standard InChI is InChI=1S/C21H32FN3O/c1-3-20(8-5-9-20)15-24-19(23-2)25-16-21(10-12-26-13-11-21)17-6-4-7-18(22)14-17/h4,6-7,14H,3,5,8-13,15-16H2,1-2H3,(H2,23,24,25). The Morgan fingerprint density at radius 1 is 1.15 bits per heavy atom. The first kappa shape index (κ1) is 19.2. The summed E-state index contributed by atoms with van der Waals surface area (Å²) in [4.78, 5) is 4.40. The zero-order chi connectivity index (χ0) is 18.5. The Kier molecular flexibility index (Phi) is 6.17. The summed E-state index contributed by atoms with van der Waals surface area (Å²) in [6, 6.07) is 7.01. The highest BCUT2D eigenvalue weighted by Gasteiger charge is 2.36. The lowest BCUT2D eigenvalue weighted by molar-refractivity contribution is 0.0512. The van der Waals surface area contributed by atoms with Gasteiger partial charge in [0.1, 0.15) is 5.82 Å². The maximum Gasteiger partial charge on any atom is 0.191 e. The summed E-state index contributed by atoms with van der Waals surface area (Å²) in [6.07, 6.45) is 6.93. The third-order valence-electron chi connectivity index (χ3n) is 6.50. The molecule has 1 aliphatic carbocycles. The van der Waals surface area contributed by atoms with Crippen LogP contribution in [0.15, 0.2) is 29.3 Å². The molecule has 144 valence electrons. The van der Waals surface area contributed by atoms with Crippen molar-refractivity contribution < 1.29 is 9.13 Å². The van der Waals surface area contributed by atoms with Crippen molar-refractivity contribution in [3.8, 4) is 0 Å².